The number of hydrogen-bond donors (Lipinski definition) is 2. The first-order valence-corrected chi connectivity index (χ1v) is 7.50. The standard InChI is InChI=1S/C14H13F2NO3S/c1-9-5-6-12(15)14(13(9)16)17-21(19,20)11-4-2-3-10(7-11)8-18/h2-7,17-18H,8H2,1H3. The lowest BCUT2D eigenvalue weighted by atomic mass is 10.2. The molecule has 0 aromatic heterocycles. The van der Waals surface area contributed by atoms with E-state index in [0.29, 0.717) is 5.56 Å². The van der Waals surface area contributed by atoms with Gasteiger partial charge in [0.15, 0.2) is 5.82 Å². The zero-order valence-corrected chi connectivity index (χ0v) is 11.9. The van der Waals surface area contributed by atoms with Gasteiger partial charge in [0.1, 0.15) is 11.5 Å². The van der Waals surface area contributed by atoms with E-state index in [1.165, 1.54) is 37.3 Å². The Morgan fingerprint density at radius 3 is 2.57 bits per heavy atom. The molecule has 0 aliphatic carbocycles. The molecule has 21 heavy (non-hydrogen) atoms. The molecule has 0 amide bonds. The maximum Gasteiger partial charge on any atom is 0.262 e. The molecule has 2 rings (SSSR count). The predicted octanol–water partition coefficient (Wildman–Crippen LogP) is 2.57. The van der Waals surface area contributed by atoms with Crippen molar-refractivity contribution in [2.45, 2.75) is 18.4 Å². The third-order valence-corrected chi connectivity index (χ3v) is 4.26. The Kier molecular flexibility index (Phi) is 4.24. The second-order valence-corrected chi connectivity index (χ2v) is 6.15. The Morgan fingerprint density at radius 2 is 1.90 bits per heavy atom. The number of benzene rings is 2. The highest BCUT2D eigenvalue weighted by atomic mass is 32.2. The molecule has 0 aliphatic heterocycles. The first kappa shape index (κ1) is 15.4. The molecular formula is C14H13F2NO3S. The van der Waals surface area contributed by atoms with Crippen LogP contribution in [0.15, 0.2) is 41.3 Å². The molecule has 0 fully saturated rings. The van der Waals surface area contributed by atoms with Gasteiger partial charge in [0, 0.05) is 0 Å². The summed E-state index contributed by atoms with van der Waals surface area (Å²) < 4.78 is 53.7. The van der Waals surface area contributed by atoms with E-state index in [1.54, 1.807) is 0 Å². The minimum Gasteiger partial charge on any atom is -0.392 e. The molecule has 2 aromatic carbocycles. The number of halogens is 2. The van der Waals surface area contributed by atoms with Gasteiger partial charge in [-0.25, -0.2) is 17.2 Å². The molecule has 0 bridgehead atoms. The summed E-state index contributed by atoms with van der Waals surface area (Å²) in [5, 5.41) is 9.01. The van der Waals surface area contributed by atoms with E-state index in [0.717, 1.165) is 6.07 Å². The Balaban J connectivity index is 2.45. The average Bonchev–Trinajstić information content (AvgIpc) is 2.48. The second kappa shape index (κ2) is 5.79. The van der Waals surface area contributed by atoms with Crippen LogP contribution in [0.5, 0.6) is 0 Å². The Labute approximate surface area is 121 Å². The van der Waals surface area contributed by atoms with Crippen LogP contribution in [-0.2, 0) is 16.6 Å². The number of anilines is 1. The normalized spacial score (nSPS) is 11.4. The summed E-state index contributed by atoms with van der Waals surface area (Å²) in [6.07, 6.45) is 0. The van der Waals surface area contributed by atoms with Crippen LogP contribution in [0.1, 0.15) is 11.1 Å². The fourth-order valence-electron chi connectivity index (χ4n) is 1.75. The molecule has 0 unspecified atom stereocenters. The van der Waals surface area contributed by atoms with Crippen LogP contribution in [0.25, 0.3) is 0 Å². The predicted molar refractivity (Wildman–Crippen MR) is 74.3 cm³/mol. The second-order valence-electron chi connectivity index (χ2n) is 4.46. The minimum atomic E-state index is -4.15. The van der Waals surface area contributed by atoms with Gasteiger partial charge in [-0.15, -0.1) is 0 Å². The van der Waals surface area contributed by atoms with Crippen molar-refractivity contribution >= 4 is 15.7 Å². The SMILES string of the molecule is Cc1ccc(F)c(NS(=O)(=O)c2cccc(CO)c2)c1F. The van der Waals surface area contributed by atoms with Crippen LogP contribution in [0, 0.1) is 18.6 Å². The van der Waals surface area contributed by atoms with Gasteiger partial charge in [-0.1, -0.05) is 18.2 Å². The zero-order valence-electron chi connectivity index (χ0n) is 11.1. The number of aryl methyl sites for hydroxylation is 1. The van der Waals surface area contributed by atoms with Crippen LogP contribution in [0.2, 0.25) is 0 Å². The van der Waals surface area contributed by atoms with E-state index < -0.39 is 27.3 Å². The zero-order chi connectivity index (χ0) is 15.6. The van der Waals surface area contributed by atoms with Gasteiger partial charge in [-0.3, -0.25) is 4.72 Å². The van der Waals surface area contributed by atoms with Crippen molar-refractivity contribution in [2.75, 3.05) is 4.72 Å². The summed E-state index contributed by atoms with van der Waals surface area (Å²) in [5.41, 5.74) is -0.217. The maximum atomic E-state index is 13.8. The molecule has 0 radical (unpaired) electrons. The van der Waals surface area contributed by atoms with Crippen LogP contribution in [0.4, 0.5) is 14.5 Å². The molecule has 7 heteroatoms. The molecule has 112 valence electrons. The first-order valence-electron chi connectivity index (χ1n) is 6.02. The fourth-order valence-corrected chi connectivity index (χ4v) is 2.89. The van der Waals surface area contributed by atoms with Crippen LogP contribution < -0.4 is 4.72 Å². The molecule has 0 saturated heterocycles. The van der Waals surface area contributed by atoms with E-state index in [9.17, 15) is 17.2 Å². The van der Waals surface area contributed by atoms with E-state index in [1.807, 2.05) is 4.72 Å². The van der Waals surface area contributed by atoms with Crippen LogP contribution >= 0.6 is 0 Å². The Morgan fingerprint density at radius 1 is 1.19 bits per heavy atom. The van der Waals surface area contributed by atoms with Gasteiger partial charge in [0.25, 0.3) is 10.0 Å². The van der Waals surface area contributed by atoms with Crippen molar-refractivity contribution < 1.29 is 22.3 Å². The van der Waals surface area contributed by atoms with E-state index in [2.05, 4.69) is 0 Å². The summed E-state index contributed by atoms with van der Waals surface area (Å²) in [6.45, 7) is 1.06. The molecule has 2 aromatic rings. The van der Waals surface area contributed by atoms with Gasteiger partial charge in [0.05, 0.1) is 11.5 Å². The lowest BCUT2D eigenvalue weighted by Crippen LogP contribution is -2.16. The molecule has 0 spiro atoms. The van der Waals surface area contributed by atoms with Crippen molar-refractivity contribution in [3.8, 4) is 0 Å². The van der Waals surface area contributed by atoms with Crippen molar-refractivity contribution in [1.29, 1.82) is 0 Å². The summed E-state index contributed by atoms with van der Waals surface area (Å²) in [7, 11) is -4.15. The van der Waals surface area contributed by atoms with Crippen molar-refractivity contribution in [3.63, 3.8) is 0 Å². The topological polar surface area (TPSA) is 66.4 Å². The minimum absolute atomic E-state index is 0.123. The van der Waals surface area contributed by atoms with E-state index in [4.69, 9.17) is 5.11 Å². The largest absolute Gasteiger partial charge is 0.392 e. The summed E-state index contributed by atoms with van der Waals surface area (Å²) in [4.78, 5) is -0.186. The number of sulfonamides is 1. The van der Waals surface area contributed by atoms with Crippen LogP contribution in [0.3, 0.4) is 0 Å². The lowest BCUT2D eigenvalue weighted by Gasteiger charge is -2.11. The third kappa shape index (κ3) is 3.20. The Bertz CT molecular complexity index is 776. The third-order valence-electron chi connectivity index (χ3n) is 2.91. The van der Waals surface area contributed by atoms with E-state index in [-0.39, 0.29) is 17.1 Å². The molecule has 4 nitrogen and oxygen atoms in total. The number of aliphatic hydroxyl groups excluding tert-OH is 1. The molecule has 0 saturated carbocycles. The van der Waals surface area contributed by atoms with Crippen molar-refractivity contribution in [2.24, 2.45) is 0 Å². The highest BCUT2D eigenvalue weighted by Crippen LogP contribution is 2.25. The van der Waals surface area contributed by atoms with Crippen LogP contribution in [-0.4, -0.2) is 13.5 Å². The van der Waals surface area contributed by atoms with Crippen molar-refractivity contribution in [3.05, 3.63) is 59.2 Å². The number of aliphatic hydroxyl groups is 1. The summed E-state index contributed by atoms with van der Waals surface area (Å²) in [5.74, 6) is -1.96. The van der Waals surface area contributed by atoms with Gasteiger partial charge in [0.2, 0.25) is 0 Å². The van der Waals surface area contributed by atoms with Gasteiger partial charge < -0.3 is 5.11 Å². The highest BCUT2D eigenvalue weighted by molar-refractivity contribution is 7.92. The number of nitrogens with one attached hydrogen (secondary N) is 1. The lowest BCUT2D eigenvalue weighted by molar-refractivity contribution is 0.281. The van der Waals surface area contributed by atoms with Crippen molar-refractivity contribution in [1.82, 2.24) is 0 Å². The smallest absolute Gasteiger partial charge is 0.262 e. The first-order chi connectivity index (χ1) is 9.85. The number of hydrogen-bond acceptors (Lipinski definition) is 3. The highest BCUT2D eigenvalue weighted by Gasteiger charge is 2.20. The number of rotatable bonds is 4. The summed E-state index contributed by atoms with van der Waals surface area (Å²) >= 11 is 0. The molecule has 0 heterocycles. The average molecular weight is 313 g/mol. The molecule has 0 atom stereocenters. The molecular weight excluding hydrogens is 300 g/mol. The quantitative estimate of drug-likeness (QED) is 0.911. The molecule has 2 N–H and O–H groups in total. The monoisotopic (exact) mass is 313 g/mol. The molecule has 0 aliphatic rings. The fraction of sp³-hybridized carbons (Fsp3) is 0.143. The summed E-state index contributed by atoms with van der Waals surface area (Å²) in [6, 6.07) is 7.67. The van der Waals surface area contributed by atoms with Gasteiger partial charge >= 0.3 is 0 Å². The van der Waals surface area contributed by atoms with Gasteiger partial charge in [-0.05, 0) is 36.2 Å². The van der Waals surface area contributed by atoms with E-state index >= 15 is 0 Å². The van der Waals surface area contributed by atoms with Gasteiger partial charge in [-0.2, -0.15) is 0 Å². The Hall–Kier alpha value is -1.99. The maximum absolute atomic E-state index is 13.8.